The van der Waals surface area contributed by atoms with Crippen LogP contribution in [0.2, 0.25) is 0 Å². The van der Waals surface area contributed by atoms with Crippen LogP contribution >= 0.6 is 0 Å². The summed E-state index contributed by atoms with van der Waals surface area (Å²) in [4.78, 5) is 26.0. The zero-order valence-corrected chi connectivity index (χ0v) is 17.1. The third kappa shape index (κ3) is 5.23. The van der Waals surface area contributed by atoms with Crippen molar-refractivity contribution in [3.63, 3.8) is 0 Å². The molecule has 1 fully saturated rings. The zero-order chi connectivity index (χ0) is 20.9. The first-order valence-corrected chi connectivity index (χ1v) is 10.8. The molecule has 0 aromatic heterocycles. The molecule has 152 valence electrons. The van der Waals surface area contributed by atoms with Gasteiger partial charge in [-0.2, -0.15) is 5.26 Å². The molecule has 2 rings (SSSR count). The SMILES string of the molecule is CC(C)C(=O)N1CCC(NC(=O)Nc2ccc(S(=O)(=O)[C@H](C)C#N)cc2)CC1. The predicted octanol–water partition coefficient (Wildman–Crippen LogP) is 2.14. The maximum Gasteiger partial charge on any atom is 0.319 e. The number of anilines is 1. The second kappa shape index (κ2) is 9.06. The standard InChI is InChI=1S/C19H26N4O4S/c1-13(2)18(24)23-10-8-16(9-11-23)22-19(25)21-15-4-6-17(7-5-15)28(26,27)14(3)12-20/h4-7,13-14,16H,8-11H2,1-3H3,(H2,21,22,25)/t14-/m1/s1. The van der Waals surface area contributed by atoms with Crippen LogP contribution in [0.1, 0.15) is 33.6 Å². The smallest absolute Gasteiger partial charge is 0.319 e. The molecule has 8 nitrogen and oxygen atoms in total. The van der Waals surface area contributed by atoms with E-state index in [2.05, 4.69) is 10.6 Å². The second-order valence-electron chi connectivity index (χ2n) is 7.19. The molecule has 28 heavy (non-hydrogen) atoms. The van der Waals surface area contributed by atoms with E-state index < -0.39 is 15.1 Å². The number of likely N-dealkylation sites (tertiary alicyclic amines) is 1. The van der Waals surface area contributed by atoms with Crippen molar-refractivity contribution >= 4 is 27.5 Å². The van der Waals surface area contributed by atoms with E-state index in [-0.39, 0.29) is 28.8 Å². The van der Waals surface area contributed by atoms with Gasteiger partial charge >= 0.3 is 6.03 Å². The van der Waals surface area contributed by atoms with Crippen LogP contribution in [0.4, 0.5) is 10.5 Å². The van der Waals surface area contributed by atoms with Gasteiger partial charge in [-0.25, -0.2) is 13.2 Å². The molecular formula is C19H26N4O4S. The largest absolute Gasteiger partial charge is 0.342 e. The number of piperidine rings is 1. The average Bonchev–Trinajstić information content (AvgIpc) is 2.67. The molecule has 1 aliphatic heterocycles. The van der Waals surface area contributed by atoms with Gasteiger partial charge in [0.25, 0.3) is 0 Å². The number of nitriles is 1. The van der Waals surface area contributed by atoms with E-state index in [9.17, 15) is 18.0 Å². The fourth-order valence-electron chi connectivity index (χ4n) is 2.96. The summed E-state index contributed by atoms with van der Waals surface area (Å²) < 4.78 is 24.3. The van der Waals surface area contributed by atoms with Gasteiger partial charge in [-0.1, -0.05) is 13.8 Å². The summed E-state index contributed by atoms with van der Waals surface area (Å²) in [7, 11) is -3.70. The Balaban J connectivity index is 1.87. The van der Waals surface area contributed by atoms with Gasteiger partial charge in [0.2, 0.25) is 5.91 Å². The molecule has 0 saturated carbocycles. The third-order valence-electron chi connectivity index (χ3n) is 4.72. The minimum absolute atomic E-state index is 0.0210. The molecule has 2 N–H and O–H groups in total. The van der Waals surface area contributed by atoms with Gasteiger partial charge in [-0.15, -0.1) is 0 Å². The van der Waals surface area contributed by atoms with Crippen LogP contribution in [0.15, 0.2) is 29.2 Å². The highest BCUT2D eigenvalue weighted by Crippen LogP contribution is 2.19. The lowest BCUT2D eigenvalue weighted by Crippen LogP contribution is -2.48. The summed E-state index contributed by atoms with van der Waals surface area (Å²) >= 11 is 0. The highest BCUT2D eigenvalue weighted by molar-refractivity contribution is 7.92. The van der Waals surface area contributed by atoms with Crippen molar-refractivity contribution in [3.05, 3.63) is 24.3 Å². The first kappa shape index (κ1) is 21.7. The molecule has 0 unspecified atom stereocenters. The van der Waals surface area contributed by atoms with Crippen molar-refractivity contribution < 1.29 is 18.0 Å². The number of urea groups is 1. The minimum Gasteiger partial charge on any atom is -0.342 e. The second-order valence-corrected chi connectivity index (χ2v) is 9.46. The monoisotopic (exact) mass is 406 g/mol. The Morgan fingerprint density at radius 1 is 1.14 bits per heavy atom. The Morgan fingerprint density at radius 3 is 2.21 bits per heavy atom. The Labute approximate surface area is 165 Å². The van der Waals surface area contributed by atoms with Crippen LogP contribution in [0.5, 0.6) is 0 Å². The van der Waals surface area contributed by atoms with E-state index in [1.165, 1.54) is 31.2 Å². The van der Waals surface area contributed by atoms with E-state index in [1.54, 1.807) is 6.07 Å². The molecule has 1 aromatic carbocycles. The van der Waals surface area contributed by atoms with E-state index >= 15 is 0 Å². The molecule has 1 aromatic rings. The Morgan fingerprint density at radius 2 is 1.71 bits per heavy atom. The molecule has 1 saturated heterocycles. The Bertz CT molecular complexity index is 851. The molecule has 0 bridgehead atoms. The van der Waals surface area contributed by atoms with Crippen LogP contribution in [-0.4, -0.2) is 49.6 Å². The van der Waals surface area contributed by atoms with Gasteiger partial charge < -0.3 is 15.5 Å². The molecule has 0 radical (unpaired) electrons. The Kier molecular flexibility index (Phi) is 7.02. The maximum atomic E-state index is 12.2. The number of nitrogens with one attached hydrogen (secondary N) is 2. The van der Waals surface area contributed by atoms with Gasteiger partial charge in [-0.3, -0.25) is 4.79 Å². The van der Waals surface area contributed by atoms with E-state index in [4.69, 9.17) is 5.26 Å². The van der Waals surface area contributed by atoms with E-state index in [0.717, 1.165) is 0 Å². The molecule has 0 spiro atoms. The number of sulfone groups is 1. The molecule has 1 atom stereocenters. The van der Waals surface area contributed by atoms with Crippen LogP contribution in [0, 0.1) is 17.2 Å². The van der Waals surface area contributed by atoms with Crippen molar-refractivity contribution in [2.75, 3.05) is 18.4 Å². The third-order valence-corrected chi connectivity index (χ3v) is 6.69. The predicted molar refractivity (Wildman–Crippen MR) is 105 cm³/mol. The fourth-order valence-corrected chi connectivity index (χ4v) is 4.03. The molecular weight excluding hydrogens is 380 g/mol. The van der Waals surface area contributed by atoms with Crippen molar-refractivity contribution in [2.24, 2.45) is 5.92 Å². The van der Waals surface area contributed by atoms with Crippen molar-refractivity contribution in [2.45, 2.75) is 49.8 Å². The zero-order valence-electron chi connectivity index (χ0n) is 16.3. The average molecular weight is 407 g/mol. The quantitative estimate of drug-likeness (QED) is 0.776. The normalized spacial score (nSPS) is 16.3. The van der Waals surface area contributed by atoms with Crippen LogP contribution in [0.25, 0.3) is 0 Å². The van der Waals surface area contributed by atoms with Crippen molar-refractivity contribution in [3.8, 4) is 6.07 Å². The van der Waals surface area contributed by atoms with E-state index in [1.807, 2.05) is 18.7 Å². The lowest BCUT2D eigenvalue weighted by Gasteiger charge is -2.33. The summed E-state index contributed by atoms with van der Waals surface area (Å²) in [6, 6.07) is 7.03. The number of hydrogen-bond donors (Lipinski definition) is 2. The number of carbonyl (C=O) groups is 2. The summed E-state index contributed by atoms with van der Waals surface area (Å²) in [5.41, 5.74) is 0.452. The number of carbonyl (C=O) groups excluding carboxylic acids is 2. The lowest BCUT2D eigenvalue weighted by atomic mass is 10.0. The van der Waals surface area contributed by atoms with Gasteiger partial charge in [0.1, 0.15) is 5.25 Å². The Hall–Kier alpha value is -2.60. The highest BCUT2D eigenvalue weighted by Gasteiger charge is 2.25. The van der Waals surface area contributed by atoms with Crippen molar-refractivity contribution in [1.82, 2.24) is 10.2 Å². The molecule has 1 aliphatic rings. The fraction of sp³-hybridized carbons (Fsp3) is 0.526. The maximum absolute atomic E-state index is 12.2. The topological polar surface area (TPSA) is 119 Å². The molecule has 1 heterocycles. The number of hydrogen-bond acceptors (Lipinski definition) is 5. The first-order valence-electron chi connectivity index (χ1n) is 9.25. The number of benzene rings is 1. The van der Waals surface area contributed by atoms with Gasteiger partial charge in [0, 0.05) is 30.7 Å². The van der Waals surface area contributed by atoms with Crippen LogP contribution in [-0.2, 0) is 14.6 Å². The number of nitrogens with zero attached hydrogens (tertiary/aromatic N) is 2. The van der Waals surface area contributed by atoms with Crippen molar-refractivity contribution in [1.29, 1.82) is 5.26 Å². The van der Waals surface area contributed by atoms with Gasteiger partial charge in [0.15, 0.2) is 9.84 Å². The van der Waals surface area contributed by atoms with Crippen LogP contribution < -0.4 is 10.6 Å². The molecule has 0 aliphatic carbocycles. The summed E-state index contributed by atoms with van der Waals surface area (Å²) in [5.74, 6) is 0.0967. The summed E-state index contributed by atoms with van der Waals surface area (Å²) in [6.07, 6.45) is 1.38. The lowest BCUT2D eigenvalue weighted by molar-refractivity contribution is -0.135. The summed E-state index contributed by atoms with van der Waals surface area (Å²) in [6.45, 7) is 6.31. The van der Waals surface area contributed by atoms with E-state index in [0.29, 0.717) is 31.6 Å². The first-order chi connectivity index (χ1) is 13.1. The minimum atomic E-state index is -3.70. The van der Waals surface area contributed by atoms with Crippen LogP contribution in [0.3, 0.4) is 0 Å². The molecule has 9 heteroatoms. The summed E-state index contributed by atoms with van der Waals surface area (Å²) in [5, 5.41) is 13.2. The number of rotatable bonds is 5. The van der Waals surface area contributed by atoms with Gasteiger partial charge in [0.05, 0.1) is 11.0 Å². The number of amides is 3. The molecule has 3 amide bonds. The van der Waals surface area contributed by atoms with Gasteiger partial charge in [-0.05, 0) is 44.0 Å². The highest BCUT2D eigenvalue weighted by atomic mass is 32.2.